The Bertz CT molecular complexity index is 721. The molecule has 1 atom stereocenters. The number of allylic oxidation sites excluding steroid dienone is 4. The molecule has 0 aromatic heterocycles. The number of Topliss-reactive ketones (excluding diaryl/α,β-unsaturated/α-hetero) is 1. The molecule has 0 amide bonds. The van der Waals surface area contributed by atoms with E-state index in [1.165, 1.54) is 23.6 Å². The summed E-state index contributed by atoms with van der Waals surface area (Å²) in [6, 6.07) is 0. The van der Waals surface area contributed by atoms with Gasteiger partial charge in [-0.2, -0.15) is 0 Å². The van der Waals surface area contributed by atoms with E-state index in [2.05, 4.69) is 66.8 Å². The molecule has 0 saturated heterocycles. The quantitative estimate of drug-likeness (QED) is 0.144. The topological polar surface area (TPSA) is 52.6 Å². The van der Waals surface area contributed by atoms with E-state index in [0.29, 0.717) is 13.0 Å². The van der Waals surface area contributed by atoms with Crippen molar-refractivity contribution in [1.29, 1.82) is 0 Å². The first kappa shape index (κ1) is 31.5. The Morgan fingerprint density at radius 1 is 0.848 bits per heavy atom. The van der Waals surface area contributed by atoms with E-state index >= 15 is 0 Å². The highest BCUT2D eigenvalue weighted by Gasteiger charge is 2.40. The minimum absolute atomic E-state index is 0.0238. The normalized spacial score (nSPS) is 15.1. The summed E-state index contributed by atoms with van der Waals surface area (Å²) in [5.41, 5.74) is 3.84. The third kappa shape index (κ3) is 13.7. The predicted molar refractivity (Wildman–Crippen MR) is 143 cm³/mol. The molecular formula is C28H50O4Si. The van der Waals surface area contributed by atoms with Crippen molar-refractivity contribution in [3.05, 3.63) is 34.9 Å². The molecule has 0 saturated carbocycles. The van der Waals surface area contributed by atoms with E-state index in [4.69, 9.17) is 9.16 Å². The number of hydrogen-bond acceptors (Lipinski definition) is 4. The molecule has 0 fully saturated rings. The lowest BCUT2D eigenvalue weighted by molar-refractivity contribution is -0.139. The molecule has 0 rings (SSSR count). The SMILES string of the molecule is CC(=O)OC/C=C(\C)CC/C=C(\C)CC/C=C(\C)CC(O[Si](C)(C)C(C)(C)C)C(=O)C(C)C. The lowest BCUT2D eigenvalue weighted by Gasteiger charge is -2.39. The Morgan fingerprint density at radius 3 is 1.79 bits per heavy atom. The minimum atomic E-state index is -2.02. The van der Waals surface area contributed by atoms with Crippen LogP contribution in [0.15, 0.2) is 34.9 Å². The number of ether oxygens (including phenoxy) is 1. The summed E-state index contributed by atoms with van der Waals surface area (Å²) in [4.78, 5) is 23.7. The molecule has 0 radical (unpaired) electrons. The number of carbonyl (C=O) groups excluding carboxylic acids is 2. The predicted octanol–water partition coefficient (Wildman–Crippen LogP) is 7.95. The van der Waals surface area contributed by atoms with E-state index in [9.17, 15) is 9.59 Å². The largest absolute Gasteiger partial charge is 0.462 e. The van der Waals surface area contributed by atoms with Crippen LogP contribution < -0.4 is 0 Å². The van der Waals surface area contributed by atoms with Gasteiger partial charge in [-0.05, 0) is 70.7 Å². The van der Waals surface area contributed by atoms with Crippen molar-refractivity contribution in [3.8, 4) is 0 Å². The van der Waals surface area contributed by atoms with Crippen LogP contribution >= 0.6 is 0 Å². The van der Waals surface area contributed by atoms with Crippen LogP contribution in [0.3, 0.4) is 0 Å². The van der Waals surface area contributed by atoms with Crippen molar-refractivity contribution in [2.75, 3.05) is 6.61 Å². The van der Waals surface area contributed by atoms with Gasteiger partial charge in [0.05, 0.1) is 0 Å². The fourth-order valence-corrected chi connectivity index (χ4v) is 4.34. The second kappa shape index (κ2) is 14.7. The van der Waals surface area contributed by atoms with Gasteiger partial charge in [-0.1, -0.05) is 63.5 Å². The van der Waals surface area contributed by atoms with E-state index < -0.39 is 8.32 Å². The maximum Gasteiger partial charge on any atom is 0.302 e. The number of rotatable bonds is 14. The van der Waals surface area contributed by atoms with E-state index in [-0.39, 0.29) is 28.8 Å². The van der Waals surface area contributed by atoms with Crippen molar-refractivity contribution in [1.82, 2.24) is 0 Å². The van der Waals surface area contributed by atoms with Gasteiger partial charge in [-0.3, -0.25) is 9.59 Å². The summed E-state index contributed by atoms with van der Waals surface area (Å²) in [6.07, 6.45) is 10.8. The van der Waals surface area contributed by atoms with E-state index in [1.54, 1.807) is 0 Å². The van der Waals surface area contributed by atoms with Gasteiger partial charge in [0.1, 0.15) is 12.7 Å². The zero-order valence-corrected chi connectivity index (χ0v) is 24.3. The summed E-state index contributed by atoms with van der Waals surface area (Å²) >= 11 is 0. The first-order chi connectivity index (χ1) is 15.1. The van der Waals surface area contributed by atoms with Gasteiger partial charge in [0.15, 0.2) is 14.1 Å². The van der Waals surface area contributed by atoms with Gasteiger partial charge in [-0.25, -0.2) is 0 Å². The molecule has 0 aromatic rings. The Hall–Kier alpha value is -1.46. The highest BCUT2D eigenvalue weighted by atomic mass is 28.4. The molecule has 0 aliphatic rings. The Balaban J connectivity index is 4.82. The average molecular weight is 479 g/mol. The van der Waals surface area contributed by atoms with Crippen LogP contribution in [0.1, 0.15) is 94.4 Å². The molecule has 0 aromatic carbocycles. The van der Waals surface area contributed by atoms with Crippen molar-refractivity contribution in [2.45, 2.75) is 119 Å². The van der Waals surface area contributed by atoms with Crippen molar-refractivity contribution in [2.24, 2.45) is 5.92 Å². The van der Waals surface area contributed by atoms with Gasteiger partial charge in [0.2, 0.25) is 0 Å². The lowest BCUT2D eigenvalue weighted by atomic mass is 9.98. The third-order valence-electron chi connectivity index (χ3n) is 6.42. The zero-order chi connectivity index (χ0) is 25.8. The molecule has 5 heteroatoms. The number of hydrogen-bond donors (Lipinski definition) is 0. The number of esters is 1. The number of carbonyl (C=O) groups is 2. The molecule has 33 heavy (non-hydrogen) atoms. The Morgan fingerprint density at radius 2 is 1.33 bits per heavy atom. The van der Waals surface area contributed by atoms with Crippen molar-refractivity contribution >= 4 is 20.1 Å². The third-order valence-corrected chi connectivity index (χ3v) is 10.9. The van der Waals surface area contributed by atoms with Crippen molar-refractivity contribution < 1.29 is 18.8 Å². The molecule has 0 spiro atoms. The second-order valence-corrected chi connectivity index (χ2v) is 15.9. The molecule has 4 nitrogen and oxygen atoms in total. The highest BCUT2D eigenvalue weighted by molar-refractivity contribution is 6.74. The smallest absolute Gasteiger partial charge is 0.302 e. The first-order valence-electron chi connectivity index (χ1n) is 12.4. The van der Waals surface area contributed by atoms with Crippen LogP contribution in [-0.4, -0.2) is 32.8 Å². The fraction of sp³-hybridized carbons (Fsp3) is 0.714. The van der Waals surface area contributed by atoms with Crippen molar-refractivity contribution in [3.63, 3.8) is 0 Å². The molecular weight excluding hydrogens is 428 g/mol. The zero-order valence-electron chi connectivity index (χ0n) is 23.3. The van der Waals surface area contributed by atoms with Crippen LogP contribution in [0.4, 0.5) is 0 Å². The van der Waals surface area contributed by atoms with Gasteiger partial charge in [0.25, 0.3) is 0 Å². The standard InChI is InChI=1S/C28H50O4Si/c1-21(2)27(30)26(32-33(10,11)28(7,8)9)20-24(5)17-13-15-22(3)14-12-16-23(4)18-19-31-25(6)29/h14,17-18,21,26H,12-13,15-16,19-20H2,1-11H3/b22-14+,23-18+,24-17+. The molecule has 0 aliphatic carbocycles. The van der Waals surface area contributed by atoms with Gasteiger partial charge in [-0.15, -0.1) is 0 Å². The molecule has 1 unspecified atom stereocenters. The summed E-state index contributed by atoms with van der Waals surface area (Å²) in [7, 11) is -2.02. The fourth-order valence-electron chi connectivity index (χ4n) is 3.08. The Kier molecular flexibility index (Phi) is 14.1. The molecule has 0 aliphatic heterocycles. The average Bonchev–Trinajstić information content (AvgIpc) is 2.65. The highest BCUT2D eigenvalue weighted by Crippen LogP contribution is 2.38. The first-order valence-corrected chi connectivity index (χ1v) is 15.3. The molecule has 0 bridgehead atoms. The lowest BCUT2D eigenvalue weighted by Crippen LogP contribution is -2.46. The van der Waals surface area contributed by atoms with Crippen LogP contribution in [0, 0.1) is 5.92 Å². The van der Waals surface area contributed by atoms with Crippen LogP contribution in [0.25, 0.3) is 0 Å². The van der Waals surface area contributed by atoms with Crippen LogP contribution in [0.2, 0.25) is 18.1 Å². The Labute approximate surface area is 205 Å². The summed E-state index contributed by atoms with van der Waals surface area (Å²) < 4.78 is 11.5. The molecule has 0 heterocycles. The summed E-state index contributed by atoms with van der Waals surface area (Å²) in [6.45, 7) is 23.1. The van der Waals surface area contributed by atoms with Gasteiger partial charge < -0.3 is 9.16 Å². The summed E-state index contributed by atoms with van der Waals surface area (Å²) in [5, 5.41) is 0.0794. The monoisotopic (exact) mass is 478 g/mol. The number of ketones is 1. The summed E-state index contributed by atoms with van der Waals surface area (Å²) in [5.74, 6) is -0.0605. The maximum absolute atomic E-state index is 12.9. The van der Waals surface area contributed by atoms with Gasteiger partial charge >= 0.3 is 5.97 Å². The van der Waals surface area contributed by atoms with E-state index in [0.717, 1.165) is 25.7 Å². The molecule has 0 N–H and O–H groups in total. The molecule has 190 valence electrons. The maximum atomic E-state index is 12.9. The van der Waals surface area contributed by atoms with Crippen LogP contribution in [-0.2, 0) is 18.8 Å². The van der Waals surface area contributed by atoms with Crippen LogP contribution in [0.5, 0.6) is 0 Å². The second-order valence-electron chi connectivity index (χ2n) is 11.2. The van der Waals surface area contributed by atoms with Gasteiger partial charge in [0, 0.05) is 19.3 Å². The van der Waals surface area contributed by atoms with E-state index in [1.807, 2.05) is 19.9 Å². The minimum Gasteiger partial charge on any atom is -0.462 e.